The number of rotatable bonds is 5. The van der Waals surface area contributed by atoms with Crippen LogP contribution in [0.15, 0.2) is 30.5 Å². The summed E-state index contributed by atoms with van der Waals surface area (Å²) in [5, 5.41) is 0. The average molecular weight is 395 g/mol. The molecule has 0 aliphatic carbocycles. The summed E-state index contributed by atoms with van der Waals surface area (Å²) in [6.45, 7) is 11.3. The minimum Gasteiger partial charge on any atom is -0.340 e. The standard InChI is InChI=1S/C24H34N4O/c1-4-26-12-14-27(15-13-26)24(29)16-21(20-10-6-5-8-18(20)2)22-17-25-23-11-7-9-19(3)28(22)23/h5-6,8,10,17,19,21H,4,7,9,11-16H2,1-3H3/t19-,21+/m1/s1. The number of likely N-dealkylation sites (N-methyl/N-ethyl adjacent to an activating group) is 1. The number of amides is 1. The van der Waals surface area contributed by atoms with Crippen molar-refractivity contribution in [3.8, 4) is 0 Å². The van der Waals surface area contributed by atoms with Gasteiger partial charge in [0.05, 0.1) is 0 Å². The monoisotopic (exact) mass is 394 g/mol. The van der Waals surface area contributed by atoms with Crippen LogP contribution < -0.4 is 0 Å². The summed E-state index contributed by atoms with van der Waals surface area (Å²) in [5.41, 5.74) is 3.72. The van der Waals surface area contributed by atoms with E-state index in [0.717, 1.165) is 39.1 Å². The topological polar surface area (TPSA) is 41.4 Å². The molecule has 1 saturated heterocycles. The second-order valence-corrected chi connectivity index (χ2v) is 8.64. The zero-order valence-corrected chi connectivity index (χ0v) is 18.1. The van der Waals surface area contributed by atoms with E-state index >= 15 is 0 Å². The zero-order chi connectivity index (χ0) is 20.4. The molecule has 0 unspecified atom stereocenters. The van der Waals surface area contributed by atoms with Gasteiger partial charge in [0, 0.05) is 62.9 Å². The second kappa shape index (κ2) is 8.70. The fourth-order valence-corrected chi connectivity index (χ4v) is 5.02. The largest absolute Gasteiger partial charge is 0.340 e. The minimum atomic E-state index is 0.0645. The molecule has 0 spiro atoms. The van der Waals surface area contributed by atoms with Crippen molar-refractivity contribution in [3.05, 3.63) is 53.1 Å². The Balaban J connectivity index is 1.63. The summed E-state index contributed by atoms with van der Waals surface area (Å²) in [5.74, 6) is 1.52. The number of benzene rings is 1. The highest BCUT2D eigenvalue weighted by Gasteiger charge is 2.30. The van der Waals surface area contributed by atoms with Crippen LogP contribution in [-0.2, 0) is 11.2 Å². The van der Waals surface area contributed by atoms with Gasteiger partial charge in [-0.25, -0.2) is 4.98 Å². The first-order valence-corrected chi connectivity index (χ1v) is 11.2. The van der Waals surface area contributed by atoms with Crippen molar-refractivity contribution >= 4 is 5.91 Å². The van der Waals surface area contributed by atoms with E-state index in [9.17, 15) is 4.79 Å². The number of fused-ring (bicyclic) bond motifs is 1. The Morgan fingerprint density at radius 1 is 1.21 bits per heavy atom. The lowest BCUT2D eigenvalue weighted by Crippen LogP contribution is -2.48. The third-order valence-corrected chi connectivity index (χ3v) is 6.84. The number of imidazole rings is 1. The van der Waals surface area contributed by atoms with Crippen LogP contribution in [-0.4, -0.2) is 58.0 Å². The summed E-state index contributed by atoms with van der Waals surface area (Å²) < 4.78 is 2.42. The van der Waals surface area contributed by atoms with E-state index < -0.39 is 0 Å². The van der Waals surface area contributed by atoms with Gasteiger partial charge >= 0.3 is 0 Å². The smallest absolute Gasteiger partial charge is 0.223 e. The number of hydrogen-bond donors (Lipinski definition) is 0. The van der Waals surface area contributed by atoms with Crippen molar-refractivity contribution in [1.29, 1.82) is 0 Å². The van der Waals surface area contributed by atoms with E-state index in [1.807, 2.05) is 6.20 Å². The van der Waals surface area contributed by atoms with E-state index in [4.69, 9.17) is 4.98 Å². The maximum Gasteiger partial charge on any atom is 0.223 e. The summed E-state index contributed by atoms with van der Waals surface area (Å²) in [6, 6.07) is 8.97. The van der Waals surface area contributed by atoms with E-state index in [1.165, 1.54) is 35.5 Å². The lowest BCUT2D eigenvalue weighted by molar-refractivity contribution is -0.133. The van der Waals surface area contributed by atoms with Gasteiger partial charge in [-0.3, -0.25) is 4.79 Å². The number of hydrogen-bond acceptors (Lipinski definition) is 3. The fourth-order valence-electron chi connectivity index (χ4n) is 5.02. The second-order valence-electron chi connectivity index (χ2n) is 8.64. The maximum absolute atomic E-state index is 13.3. The molecule has 5 nitrogen and oxygen atoms in total. The van der Waals surface area contributed by atoms with Crippen LogP contribution in [0.2, 0.25) is 0 Å². The highest BCUT2D eigenvalue weighted by molar-refractivity contribution is 5.78. The van der Waals surface area contributed by atoms with Crippen LogP contribution in [0.5, 0.6) is 0 Å². The van der Waals surface area contributed by atoms with Crippen LogP contribution in [0, 0.1) is 6.92 Å². The quantitative estimate of drug-likeness (QED) is 0.775. The first kappa shape index (κ1) is 20.1. The normalized spacial score (nSPS) is 21.1. The molecule has 29 heavy (non-hydrogen) atoms. The Labute approximate surface area is 174 Å². The molecule has 1 aromatic heterocycles. The van der Waals surface area contributed by atoms with Gasteiger partial charge in [0.15, 0.2) is 0 Å². The van der Waals surface area contributed by atoms with Gasteiger partial charge in [-0.2, -0.15) is 0 Å². The molecular formula is C24H34N4O. The van der Waals surface area contributed by atoms with E-state index in [2.05, 4.69) is 59.4 Å². The van der Waals surface area contributed by atoms with Gasteiger partial charge in [0.25, 0.3) is 0 Å². The van der Waals surface area contributed by atoms with Crippen molar-refractivity contribution in [2.45, 2.75) is 58.4 Å². The molecular weight excluding hydrogens is 360 g/mol. The molecule has 2 atom stereocenters. The van der Waals surface area contributed by atoms with Gasteiger partial charge < -0.3 is 14.4 Å². The van der Waals surface area contributed by atoms with Gasteiger partial charge in [-0.05, 0) is 44.4 Å². The van der Waals surface area contributed by atoms with Gasteiger partial charge in [-0.15, -0.1) is 0 Å². The molecule has 4 rings (SSSR count). The van der Waals surface area contributed by atoms with E-state index in [1.54, 1.807) is 0 Å². The Bertz CT molecular complexity index is 850. The molecule has 1 fully saturated rings. The molecule has 0 bridgehead atoms. The summed E-state index contributed by atoms with van der Waals surface area (Å²) in [4.78, 5) is 22.5. The van der Waals surface area contributed by atoms with Crippen molar-refractivity contribution in [2.24, 2.45) is 0 Å². The number of piperazine rings is 1. The molecule has 1 aromatic carbocycles. The lowest BCUT2D eigenvalue weighted by Gasteiger charge is -2.35. The first-order valence-electron chi connectivity index (χ1n) is 11.2. The van der Waals surface area contributed by atoms with Crippen LogP contribution in [0.25, 0.3) is 0 Å². The Kier molecular flexibility index (Phi) is 6.04. The minimum absolute atomic E-state index is 0.0645. The summed E-state index contributed by atoms with van der Waals surface area (Å²) >= 11 is 0. The Hall–Kier alpha value is -2.14. The van der Waals surface area contributed by atoms with Gasteiger partial charge in [0.2, 0.25) is 5.91 Å². The predicted molar refractivity (Wildman–Crippen MR) is 116 cm³/mol. The first-order chi connectivity index (χ1) is 14.1. The van der Waals surface area contributed by atoms with Crippen molar-refractivity contribution in [1.82, 2.24) is 19.4 Å². The molecule has 3 heterocycles. The predicted octanol–water partition coefficient (Wildman–Crippen LogP) is 3.77. The lowest BCUT2D eigenvalue weighted by atomic mass is 9.88. The zero-order valence-electron chi connectivity index (χ0n) is 18.1. The molecule has 0 N–H and O–H groups in total. The molecule has 5 heteroatoms. The molecule has 2 aliphatic rings. The highest BCUT2D eigenvalue weighted by Crippen LogP contribution is 2.36. The molecule has 0 saturated carbocycles. The van der Waals surface area contributed by atoms with Crippen molar-refractivity contribution in [2.75, 3.05) is 32.7 Å². The SMILES string of the molecule is CCN1CCN(C(=O)C[C@@H](c2ccccc2C)c2cnc3n2[C@H](C)CCC3)CC1. The maximum atomic E-state index is 13.3. The molecule has 156 valence electrons. The van der Waals surface area contributed by atoms with Crippen LogP contribution in [0.1, 0.15) is 67.7 Å². The van der Waals surface area contributed by atoms with Crippen LogP contribution in [0.3, 0.4) is 0 Å². The van der Waals surface area contributed by atoms with Crippen molar-refractivity contribution < 1.29 is 4.79 Å². The molecule has 1 amide bonds. The Morgan fingerprint density at radius 2 is 1.97 bits per heavy atom. The molecule has 2 aliphatic heterocycles. The van der Waals surface area contributed by atoms with Gasteiger partial charge in [-0.1, -0.05) is 31.2 Å². The number of aryl methyl sites for hydroxylation is 2. The van der Waals surface area contributed by atoms with Crippen LogP contribution >= 0.6 is 0 Å². The number of carbonyl (C=O) groups is 1. The summed E-state index contributed by atoms with van der Waals surface area (Å²) in [7, 11) is 0. The average Bonchev–Trinajstić information content (AvgIpc) is 3.18. The third-order valence-electron chi connectivity index (χ3n) is 6.84. The molecule has 2 aromatic rings. The number of nitrogens with zero attached hydrogens (tertiary/aromatic N) is 4. The number of carbonyl (C=O) groups excluding carboxylic acids is 1. The highest BCUT2D eigenvalue weighted by atomic mass is 16.2. The molecule has 0 radical (unpaired) electrons. The van der Waals surface area contributed by atoms with E-state index in [0.29, 0.717) is 12.5 Å². The fraction of sp³-hybridized carbons (Fsp3) is 0.583. The third kappa shape index (κ3) is 4.11. The number of aromatic nitrogens is 2. The van der Waals surface area contributed by atoms with Crippen LogP contribution in [0.4, 0.5) is 0 Å². The summed E-state index contributed by atoms with van der Waals surface area (Å²) in [6.07, 6.45) is 5.99. The Morgan fingerprint density at radius 3 is 2.69 bits per heavy atom. The van der Waals surface area contributed by atoms with Gasteiger partial charge in [0.1, 0.15) is 5.82 Å². The van der Waals surface area contributed by atoms with E-state index in [-0.39, 0.29) is 11.8 Å². The van der Waals surface area contributed by atoms with Crippen molar-refractivity contribution in [3.63, 3.8) is 0 Å².